The van der Waals surface area contributed by atoms with Crippen LogP contribution in [0.3, 0.4) is 0 Å². The molecule has 1 aliphatic heterocycles. The van der Waals surface area contributed by atoms with Gasteiger partial charge in [-0.2, -0.15) is 18.3 Å². The molecular formula is C20H26F3N5O3S. The van der Waals surface area contributed by atoms with Gasteiger partial charge in [0.2, 0.25) is 5.91 Å². The van der Waals surface area contributed by atoms with Crippen LogP contribution < -0.4 is 10.9 Å². The molecule has 3 rings (SSSR count). The number of carbonyl (C=O) groups excluding carboxylic acids is 1. The second-order valence-electron chi connectivity index (χ2n) is 7.92. The molecule has 176 valence electrons. The predicted octanol–water partition coefficient (Wildman–Crippen LogP) is 2.85. The zero-order valence-corrected chi connectivity index (χ0v) is 18.7. The Bertz CT molecular complexity index is 978. The van der Waals surface area contributed by atoms with E-state index in [1.165, 1.54) is 6.20 Å². The molecule has 1 saturated heterocycles. The normalized spacial score (nSPS) is 17.5. The van der Waals surface area contributed by atoms with Crippen molar-refractivity contribution < 1.29 is 22.7 Å². The molecule has 2 N–H and O–H groups in total. The summed E-state index contributed by atoms with van der Waals surface area (Å²) in [5.74, 6) is 0.0834. The molecule has 0 aliphatic carbocycles. The number of alkyl halides is 3. The summed E-state index contributed by atoms with van der Waals surface area (Å²) in [6.07, 6.45) is -0.524. The number of nitrogens with zero attached hydrogens (tertiary/aromatic N) is 3. The Labute approximate surface area is 187 Å². The summed E-state index contributed by atoms with van der Waals surface area (Å²) in [6.45, 7) is 5.33. The lowest BCUT2D eigenvalue weighted by molar-refractivity contribution is -0.134. The molecule has 3 heterocycles. The Morgan fingerprint density at radius 2 is 2.22 bits per heavy atom. The third-order valence-electron chi connectivity index (χ3n) is 5.27. The Hall–Kier alpha value is -2.47. The highest BCUT2D eigenvalue weighted by atomic mass is 32.1. The van der Waals surface area contributed by atoms with Gasteiger partial charge in [-0.15, -0.1) is 11.3 Å². The van der Waals surface area contributed by atoms with E-state index >= 15 is 0 Å². The summed E-state index contributed by atoms with van der Waals surface area (Å²) >= 11 is 0.669. The van der Waals surface area contributed by atoms with Crippen molar-refractivity contribution in [2.75, 3.05) is 31.6 Å². The number of hydrogen-bond donors (Lipinski definition) is 2. The number of rotatable bonds is 9. The standard InChI is InChI=1S/C20H26F3N5O3S/c1-12(26-15-8-25-27-19(30)13(15)2)11-31-6-4-18(29)28-5-3-14(10-28)7-17-24-9-16(32-17)20(21,22)23/h8-9,12,14H,3-7,10-11H2,1-2H3,(H2,26,27,30)/t12-,14?/m0/s1. The number of thiazole rings is 1. The highest BCUT2D eigenvalue weighted by molar-refractivity contribution is 7.11. The average Bonchev–Trinajstić information content (AvgIpc) is 3.39. The van der Waals surface area contributed by atoms with E-state index in [4.69, 9.17) is 4.74 Å². The van der Waals surface area contributed by atoms with Crippen LogP contribution in [0, 0.1) is 12.8 Å². The lowest BCUT2D eigenvalue weighted by Crippen LogP contribution is -2.30. The van der Waals surface area contributed by atoms with Crippen LogP contribution in [0.1, 0.15) is 35.2 Å². The first-order valence-electron chi connectivity index (χ1n) is 10.3. The van der Waals surface area contributed by atoms with Crippen LogP contribution in [0.25, 0.3) is 0 Å². The largest absolute Gasteiger partial charge is 0.427 e. The van der Waals surface area contributed by atoms with Gasteiger partial charge in [-0.1, -0.05) is 0 Å². The van der Waals surface area contributed by atoms with Crippen molar-refractivity contribution in [3.8, 4) is 0 Å². The molecule has 8 nitrogen and oxygen atoms in total. The fraction of sp³-hybridized carbons (Fsp3) is 0.600. The first-order valence-corrected chi connectivity index (χ1v) is 11.1. The third kappa shape index (κ3) is 6.52. The molecule has 0 spiro atoms. The second-order valence-corrected chi connectivity index (χ2v) is 9.04. The number of likely N-dealkylation sites (tertiary alicyclic amines) is 1. The van der Waals surface area contributed by atoms with Gasteiger partial charge in [0.05, 0.1) is 42.7 Å². The number of nitrogens with one attached hydrogen (secondary N) is 2. The van der Waals surface area contributed by atoms with E-state index in [2.05, 4.69) is 20.5 Å². The smallest absolute Gasteiger partial charge is 0.379 e. The van der Waals surface area contributed by atoms with Crippen molar-refractivity contribution in [3.63, 3.8) is 0 Å². The minimum Gasteiger partial charge on any atom is -0.379 e. The van der Waals surface area contributed by atoms with E-state index in [-0.39, 0.29) is 36.5 Å². The molecule has 1 amide bonds. The molecule has 1 unspecified atom stereocenters. The van der Waals surface area contributed by atoms with Crippen LogP contribution in [0.4, 0.5) is 18.9 Å². The minimum atomic E-state index is -4.37. The average molecular weight is 474 g/mol. The molecule has 0 bridgehead atoms. The number of amides is 1. The van der Waals surface area contributed by atoms with Crippen molar-refractivity contribution in [2.24, 2.45) is 5.92 Å². The number of aromatic nitrogens is 3. The fourth-order valence-corrected chi connectivity index (χ4v) is 4.40. The van der Waals surface area contributed by atoms with Crippen LogP contribution in [-0.4, -0.2) is 58.3 Å². The summed E-state index contributed by atoms with van der Waals surface area (Å²) in [6, 6.07) is -0.0801. The van der Waals surface area contributed by atoms with Crippen molar-refractivity contribution in [1.29, 1.82) is 0 Å². The molecule has 0 radical (unpaired) electrons. The van der Waals surface area contributed by atoms with E-state index in [1.54, 1.807) is 11.8 Å². The monoisotopic (exact) mass is 473 g/mol. The molecule has 1 aliphatic rings. The van der Waals surface area contributed by atoms with E-state index < -0.39 is 11.1 Å². The number of hydrogen-bond acceptors (Lipinski definition) is 7. The van der Waals surface area contributed by atoms with Gasteiger partial charge < -0.3 is 15.0 Å². The zero-order chi connectivity index (χ0) is 23.3. The summed E-state index contributed by atoms with van der Waals surface area (Å²) in [5, 5.41) is 9.73. The number of anilines is 1. The van der Waals surface area contributed by atoms with Crippen LogP contribution in [0.2, 0.25) is 0 Å². The number of H-pyrrole nitrogens is 1. The van der Waals surface area contributed by atoms with Gasteiger partial charge in [0, 0.05) is 31.1 Å². The Morgan fingerprint density at radius 3 is 2.94 bits per heavy atom. The maximum Gasteiger partial charge on any atom is 0.427 e. The zero-order valence-electron chi connectivity index (χ0n) is 17.9. The molecule has 0 aromatic carbocycles. The molecule has 2 atom stereocenters. The molecule has 32 heavy (non-hydrogen) atoms. The quantitative estimate of drug-likeness (QED) is 0.544. The third-order valence-corrected chi connectivity index (χ3v) is 6.33. The predicted molar refractivity (Wildman–Crippen MR) is 114 cm³/mol. The van der Waals surface area contributed by atoms with Crippen LogP contribution in [0.15, 0.2) is 17.2 Å². The fourth-order valence-electron chi connectivity index (χ4n) is 3.50. The lowest BCUT2D eigenvalue weighted by atomic mass is 10.1. The van der Waals surface area contributed by atoms with Gasteiger partial charge in [-0.25, -0.2) is 10.1 Å². The SMILES string of the molecule is Cc1c(N[C@@H](C)COCCC(=O)N2CCC(Cc3ncc(C(F)(F)F)s3)C2)cn[nH]c1=O. The first kappa shape index (κ1) is 24.2. The van der Waals surface area contributed by atoms with E-state index in [0.29, 0.717) is 53.7 Å². The molecule has 0 saturated carbocycles. The van der Waals surface area contributed by atoms with Gasteiger partial charge in [-0.3, -0.25) is 9.59 Å². The van der Waals surface area contributed by atoms with E-state index in [9.17, 15) is 22.8 Å². The lowest BCUT2D eigenvalue weighted by Gasteiger charge is -2.18. The van der Waals surface area contributed by atoms with Gasteiger partial charge >= 0.3 is 6.18 Å². The van der Waals surface area contributed by atoms with Crippen molar-refractivity contribution in [3.05, 3.63) is 38.2 Å². The highest BCUT2D eigenvalue weighted by Gasteiger charge is 2.34. The van der Waals surface area contributed by atoms with Crippen molar-refractivity contribution in [2.45, 2.75) is 45.3 Å². The first-order chi connectivity index (χ1) is 15.1. The Morgan fingerprint density at radius 1 is 1.44 bits per heavy atom. The topological polar surface area (TPSA) is 100 Å². The van der Waals surface area contributed by atoms with E-state index in [0.717, 1.165) is 12.6 Å². The molecule has 1 fully saturated rings. The summed E-state index contributed by atoms with van der Waals surface area (Å²) in [7, 11) is 0. The van der Waals surface area contributed by atoms with Gasteiger partial charge in [-0.05, 0) is 26.2 Å². The second kappa shape index (κ2) is 10.4. The summed E-state index contributed by atoms with van der Waals surface area (Å²) in [5.41, 5.74) is 0.915. The number of halogens is 3. The summed E-state index contributed by atoms with van der Waals surface area (Å²) < 4.78 is 43.7. The van der Waals surface area contributed by atoms with Gasteiger partial charge in [0.15, 0.2) is 0 Å². The molecular weight excluding hydrogens is 447 g/mol. The molecule has 12 heteroatoms. The maximum absolute atomic E-state index is 12.7. The van der Waals surface area contributed by atoms with Crippen LogP contribution >= 0.6 is 11.3 Å². The van der Waals surface area contributed by atoms with E-state index in [1.807, 2.05) is 6.92 Å². The Balaban J connectivity index is 1.35. The highest BCUT2D eigenvalue weighted by Crippen LogP contribution is 2.34. The van der Waals surface area contributed by atoms with Crippen LogP contribution in [0.5, 0.6) is 0 Å². The number of aromatic amines is 1. The summed E-state index contributed by atoms with van der Waals surface area (Å²) in [4.78, 5) is 28.9. The van der Waals surface area contributed by atoms with Gasteiger partial charge in [0.1, 0.15) is 4.88 Å². The molecule has 2 aromatic rings. The van der Waals surface area contributed by atoms with Gasteiger partial charge in [0.25, 0.3) is 5.56 Å². The molecule has 2 aromatic heterocycles. The number of ether oxygens (including phenoxy) is 1. The minimum absolute atomic E-state index is 0.0298. The van der Waals surface area contributed by atoms with Crippen molar-refractivity contribution in [1.82, 2.24) is 20.1 Å². The number of carbonyl (C=O) groups is 1. The Kier molecular flexibility index (Phi) is 7.88. The van der Waals surface area contributed by atoms with Crippen molar-refractivity contribution >= 4 is 22.9 Å². The maximum atomic E-state index is 12.7. The van der Waals surface area contributed by atoms with Crippen LogP contribution in [-0.2, 0) is 22.1 Å².